The van der Waals surface area contributed by atoms with Gasteiger partial charge in [-0.15, -0.1) is 0 Å². The molecular weight excluding hydrogens is 327 g/mol. The van der Waals surface area contributed by atoms with E-state index in [1.807, 2.05) is 11.8 Å². The average Bonchev–Trinajstić information content (AvgIpc) is 2.92. The molecule has 0 saturated heterocycles. The van der Waals surface area contributed by atoms with Crippen LogP contribution >= 0.6 is 35.0 Å². The minimum atomic E-state index is -0.0575. The Labute approximate surface area is 139 Å². The highest BCUT2D eigenvalue weighted by Gasteiger charge is 2.15. The van der Waals surface area contributed by atoms with Crippen LogP contribution in [0.2, 0.25) is 10.0 Å². The largest absolute Gasteiger partial charge is 0.397 e. The van der Waals surface area contributed by atoms with Crippen LogP contribution in [0.1, 0.15) is 38.5 Å². The molecule has 21 heavy (non-hydrogen) atoms. The summed E-state index contributed by atoms with van der Waals surface area (Å²) in [6.07, 6.45) is 6.72. The molecule has 1 amide bonds. The first-order valence-electron chi connectivity index (χ1n) is 7.22. The maximum atomic E-state index is 11.9. The number of amides is 1. The van der Waals surface area contributed by atoms with Crippen molar-refractivity contribution in [1.82, 2.24) is 0 Å². The first-order valence-corrected chi connectivity index (χ1v) is 9.02. The van der Waals surface area contributed by atoms with E-state index in [9.17, 15) is 4.79 Å². The molecule has 0 atom stereocenters. The van der Waals surface area contributed by atoms with E-state index in [1.165, 1.54) is 25.7 Å². The number of hydrogen-bond acceptors (Lipinski definition) is 3. The van der Waals surface area contributed by atoms with E-state index in [1.54, 1.807) is 12.1 Å². The number of nitrogens with two attached hydrogens (primary N) is 1. The number of hydrogen-bond donors (Lipinski definition) is 2. The predicted octanol–water partition coefficient (Wildman–Crippen LogP) is 4.97. The third kappa shape index (κ3) is 5.28. The molecule has 1 fully saturated rings. The molecule has 3 N–H and O–H groups in total. The zero-order valence-corrected chi connectivity index (χ0v) is 14.2. The number of nitrogen functional groups attached to an aromatic ring is 1. The lowest BCUT2D eigenvalue weighted by molar-refractivity contribution is -0.116. The van der Waals surface area contributed by atoms with Crippen LogP contribution in [0.15, 0.2) is 12.1 Å². The smallest absolute Gasteiger partial charge is 0.224 e. The van der Waals surface area contributed by atoms with Crippen LogP contribution in [0.3, 0.4) is 0 Å². The molecule has 0 bridgehead atoms. The fourth-order valence-corrected chi connectivity index (χ4v) is 4.33. The quantitative estimate of drug-likeness (QED) is 0.564. The summed E-state index contributed by atoms with van der Waals surface area (Å²) < 4.78 is 0. The Kier molecular flexibility index (Phi) is 6.52. The van der Waals surface area contributed by atoms with Gasteiger partial charge in [0.2, 0.25) is 5.91 Å². The number of anilines is 2. The van der Waals surface area contributed by atoms with E-state index < -0.39 is 0 Å². The summed E-state index contributed by atoms with van der Waals surface area (Å²) in [6.45, 7) is 0. The van der Waals surface area contributed by atoms with Crippen LogP contribution in [0, 0.1) is 0 Å². The third-order valence-corrected chi connectivity index (χ3v) is 5.54. The molecule has 0 aliphatic heterocycles. The highest BCUT2D eigenvalue weighted by molar-refractivity contribution is 7.99. The van der Waals surface area contributed by atoms with Gasteiger partial charge in [-0.2, -0.15) is 11.8 Å². The molecule has 0 heterocycles. The normalized spacial score (nSPS) is 15.3. The van der Waals surface area contributed by atoms with Crippen molar-refractivity contribution in [3.05, 3.63) is 22.2 Å². The van der Waals surface area contributed by atoms with Gasteiger partial charge in [0, 0.05) is 16.7 Å². The predicted molar refractivity (Wildman–Crippen MR) is 93.5 cm³/mol. The fourth-order valence-electron chi connectivity index (χ4n) is 2.47. The Morgan fingerprint density at radius 2 is 2.05 bits per heavy atom. The summed E-state index contributed by atoms with van der Waals surface area (Å²) in [7, 11) is 0. The number of carbonyl (C=O) groups is 1. The second-order valence-electron chi connectivity index (χ2n) is 5.28. The van der Waals surface area contributed by atoms with Crippen LogP contribution in [0.25, 0.3) is 0 Å². The van der Waals surface area contributed by atoms with Crippen LogP contribution in [0.4, 0.5) is 11.4 Å². The maximum absolute atomic E-state index is 11.9. The van der Waals surface area contributed by atoms with Gasteiger partial charge in [-0.05, 0) is 37.1 Å². The summed E-state index contributed by atoms with van der Waals surface area (Å²) >= 11 is 13.9. The van der Waals surface area contributed by atoms with E-state index in [-0.39, 0.29) is 5.91 Å². The lowest BCUT2D eigenvalue weighted by Crippen LogP contribution is -2.13. The third-order valence-electron chi connectivity index (χ3n) is 3.55. The van der Waals surface area contributed by atoms with Gasteiger partial charge in [-0.25, -0.2) is 0 Å². The van der Waals surface area contributed by atoms with Crippen LogP contribution in [-0.4, -0.2) is 16.9 Å². The number of halogens is 2. The fraction of sp³-hybridized carbons (Fsp3) is 0.533. The minimum absolute atomic E-state index is 0.0575. The molecule has 1 aliphatic rings. The number of carbonyl (C=O) groups excluding carboxylic acids is 1. The SMILES string of the molecule is Nc1cc(Cl)cc(Cl)c1NC(=O)CCCSC1CCCC1. The molecule has 0 unspecified atom stereocenters. The van der Waals surface area contributed by atoms with Gasteiger partial charge in [-0.3, -0.25) is 4.79 Å². The van der Waals surface area contributed by atoms with Gasteiger partial charge in [0.15, 0.2) is 0 Å². The lowest BCUT2D eigenvalue weighted by atomic mass is 10.2. The van der Waals surface area contributed by atoms with Crippen molar-refractivity contribution in [2.75, 3.05) is 16.8 Å². The second-order valence-corrected chi connectivity index (χ2v) is 7.53. The molecule has 0 aromatic heterocycles. The Bertz CT molecular complexity index is 481. The number of thioether (sulfide) groups is 1. The van der Waals surface area contributed by atoms with Crippen LogP contribution in [0.5, 0.6) is 0 Å². The maximum Gasteiger partial charge on any atom is 0.224 e. The summed E-state index contributed by atoms with van der Waals surface area (Å²) in [5.74, 6) is 0.972. The van der Waals surface area contributed by atoms with Crippen molar-refractivity contribution in [3.8, 4) is 0 Å². The summed E-state index contributed by atoms with van der Waals surface area (Å²) in [4.78, 5) is 11.9. The molecule has 3 nitrogen and oxygen atoms in total. The first kappa shape index (κ1) is 16.8. The van der Waals surface area contributed by atoms with Crippen LogP contribution in [-0.2, 0) is 4.79 Å². The Balaban J connectivity index is 1.74. The van der Waals surface area contributed by atoms with Crippen molar-refractivity contribution in [1.29, 1.82) is 0 Å². The summed E-state index contributed by atoms with van der Waals surface area (Å²) in [5, 5.41) is 4.40. The topological polar surface area (TPSA) is 55.1 Å². The first-order chi connectivity index (χ1) is 10.1. The molecule has 1 saturated carbocycles. The molecule has 1 aliphatic carbocycles. The second kappa shape index (κ2) is 8.16. The Morgan fingerprint density at radius 1 is 1.33 bits per heavy atom. The molecule has 0 radical (unpaired) electrons. The highest BCUT2D eigenvalue weighted by atomic mass is 35.5. The lowest BCUT2D eigenvalue weighted by Gasteiger charge is -2.11. The van der Waals surface area contributed by atoms with E-state index in [4.69, 9.17) is 28.9 Å². The molecule has 1 aromatic rings. The molecule has 0 spiro atoms. The van der Waals surface area contributed by atoms with Crippen LogP contribution < -0.4 is 11.1 Å². The number of benzene rings is 1. The van der Waals surface area contributed by atoms with Gasteiger partial charge in [-0.1, -0.05) is 36.0 Å². The van der Waals surface area contributed by atoms with Crippen molar-refractivity contribution in [2.45, 2.75) is 43.8 Å². The average molecular weight is 347 g/mol. The number of nitrogens with one attached hydrogen (secondary N) is 1. The summed E-state index contributed by atoms with van der Waals surface area (Å²) in [5.41, 5.74) is 6.66. The van der Waals surface area contributed by atoms with Gasteiger partial charge in [0.05, 0.1) is 16.4 Å². The molecule has 1 aromatic carbocycles. The monoisotopic (exact) mass is 346 g/mol. The number of rotatable bonds is 6. The molecule has 2 rings (SSSR count). The van der Waals surface area contributed by atoms with Crippen molar-refractivity contribution in [2.24, 2.45) is 0 Å². The Morgan fingerprint density at radius 3 is 2.71 bits per heavy atom. The van der Waals surface area contributed by atoms with Gasteiger partial charge < -0.3 is 11.1 Å². The minimum Gasteiger partial charge on any atom is -0.397 e. The van der Waals surface area contributed by atoms with Crippen molar-refractivity contribution < 1.29 is 4.79 Å². The van der Waals surface area contributed by atoms with Crippen molar-refractivity contribution >= 4 is 52.2 Å². The van der Waals surface area contributed by atoms with E-state index in [0.29, 0.717) is 27.8 Å². The van der Waals surface area contributed by atoms with Gasteiger partial charge in [0.1, 0.15) is 0 Å². The van der Waals surface area contributed by atoms with Gasteiger partial charge in [0.25, 0.3) is 0 Å². The van der Waals surface area contributed by atoms with Crippen molar-refractivity contribution in [3.63, 3.8) is 0 Å². The zero-order chi connectivity index (χ0) is 15.2. The highest BCUT2D eigenvalue weighted by Crippen LogP contribution is 2.32. The van der Waals surface area contributed by atoms with E-state index in [2.05, 4.69) is 5.32 Å². The van der Waals surface area contributed by atoms with Gasteiger partial charge >= 0.3 is 0 Å². The Hall–Kier alpha value is -0.580. The van der Waals surface area contributed by atoms with E-state index in [0.717, 1.165) is 17.4 Å². The zero-order valence-electron chi connectivity index (χ0n) is 11.8. The molecule has 116 valence electrons. The van der Waals surface area contributed by atoms with E-state index >= 15 is 0 Å². The molecular formula is C15H20Cl2N2OS. The standard InChI is InChI=1S/C15H20Cl2N2OS/c16-10-8-12(17)15(13(18)9-10)19-14(20)6-3-7-21-11-4-1-2-5-11/h8-9,11H,1-7,18H2,(H,19,20). The molecule has 6 heteroatoms. The summed E-state index contributed by atoms with van der Waals surface area (Å²) in [6, 6.07) is 3.16.